The molecule has 1 aliphatic heterocycles. The summed E-state index contributed by atoms with van der Waals surface area (Å²) in [6.45, 7) is 2.32. The second-order valence-electron chi connectivity index (χ2n) is 10.1. The van der Waals surface area contributed by atoms with Gasteiger partial charge in [-0.05, 0) is 60.0 Å². The first-order chi connectivity index (χ1) is 21.5. The van der Waals surface area contributed by atoms with E-state index in [0.29, 0.717) is 40.4 Å². The first-order valence-electron chi connectivity index (χ1n) is 14.0. The molecule has 2 N–H and O–H groups in total. The van der Waals surface area contributed by atoms with Crippen LogP contribution in [-0.2, 0) is 17.2 Å². The number of aromatic nitrogens is 3. The standard InChI is InChI=1S/C34H30BrN5O3S/c1-22-30(32(41)37-28-13-6-7-14-29(28)42-2)31(25-15-17-27(18-16-25)43-20-24-11-8-12-26(35)19-24)40-33(36-22)38-34(39-40)44-21-23-9-4-3-5-10-23/h3-19,31H,20-21H2,1-2H3,(H,37,41)(H,36,38,39). The van der Waals surface area contributed by atoms with Crippen molar-refractivity contribution in [3.63, 3.8) is 0 Å². The van der Waals surface area contributed by atoms with Gasteiger partial charge in [0.15, 0.2) is 0 Å². The maximum absolute atomic E-state index is 14.0. The molecule has 1 unspecified atom stereocenters. The summed E-state index contributed by atoms with van der Waals surface area (Å²) < 4.78 is 14.3. The molecule has 4 aromatic carbocycles. The number of fused-ring (bicyclic) bond motifs is 1. The Morgan fingerprint density at radius 3 is 2.50 bits per heavy atom. The molecule has 10 heteroatoms. The van der Waals surface area contributed by atoms with Gasteiger partial charge >= 0.3 is 0 Å². The number of rotatable bonds is 10. The number of amides is 1. The van der Waals surface area contributed by atoms with Crippen LogP contribution in [0.5, 0.6) is 11.5 Å². The monoisotopic (exact) mass is 667 g/mol. The zero-order valence-electron chi connectivity index (χ0n) is 24.2. The highest BCUT2D eigenvalue weighted by Gasteiger charge is 2.34. The Labute approximate surface area is 268 Å². The van der Waals surface area contributed by atoms with Crippen molar-refractivity contribution in [2.45, 2.75) is 30.5 Å². The van der Waals surface area contributed by atoms with E-state index in [0.717, 1.165) is 27.1 Å². The summed E-state index contributed by atoms with van der Waals surface area (Å²) in [5, 5.41) is 11.8. The smallest absolute Gasteiger partial charge is 0.255 e. The second kappa shape index (κ2) is 13.4. The van der Waals surface area contributed by atoms with Crippen LogP contribution in [0, 0.1) is 0 Å². The molecule has 44 heavy (non-hydrogen) atoms. The van der Waals surface area contributed by atoms with Gasteiger partial charge in [-0.1, -0.05) is 94.4 Å². The molecule has 1 aromatic heterocycles. The summed E-state index contributed by atoms with van der Waals surface area (Å²) in [5.41, 5.74) is 4.91. The molecule has 1 aliphatic rings. The molecule has 0 radical (unpaired) electrons. The van der Waals surface area contributed by atoms with Crippen molar-refractivity contribution in [3.05, 3.63) is 136 Å². The van der Waals surface area contributed by atoms with E-state index in [1.807, 2.05) is 97.9 Å². The number of hydrogen-bond donors (Lipinski definition) is 2. The third-order valence-corrected chi connectivity index (χ3v) is 8.54. The molecule has 0 aliphatic carbocycles. The third kappa shape index (κ3) is 6.66. The Hall–Kier alpha value is -4.54. The fourth-order valence-corrected chi connectivity index (χ4v) is 6.23. The van der Waals surface area contributed by atoms with E-state index < -0.39 is 6.04 Å². The first-order valence-corrected chi connectivity index (χ1v) is 15.8. The zero-order valence-corrected chi connectivity index (χ0v) is 26.6. The number of ether oxygens (including phenoxy) is 2. The lowest BCUT2D eigenvalue weighted by Crippen LogP contribution is -2.31. The molecule has 2 heterocycles. The number of nitrogens with zero attached hydrogens (tertiary/aromatic N) is 3. The van der Waals surface area contributed by atoms with E-state index in [9.17, 15) is 4.79 Å². The minimum Gasteiger partial charge on any atom is -0.495 e. The Morgan fingerprint density at radius 2 is 1.73 bits per heavy atom. The molecule has 0 bridgehead atoms. The number of para-hydroxylation sites is 2. The predicted molar refractivity (Wildman–Crippen MR) is 177 cm³/mol. The topological polar surface area (TPSA) is 90.3 Å². The summed E-state index contributed by atoms with van der Waals surface area (Å²) >= 11 is 5.06. The van der Waals surface area contributed by atoms with Gasteiger partial charge in [0.05, 0.1) is 18.4 Å². The van der Waals surface area contributed by atoms with Gasteiger partial charge < -0.3 is 20.1 Å². The number of thioether (sulfide) groups is 1. The van der Waals surface area contributed by atoms with Crippen LogP contribution in [0.4, 0.5) is 11.6 Å². The van der Waals surface area contributed by atoms with E-state index in [1.165, 1.54) is 5.56 Å². The van der Waals surface area contributed by atoms with Crippen molar-refractivity contribution < 1.29 is 14.3 Å². The van der Waals surface area contributed by atoms with Crippen LogP contribution in [0.1, 0.15) is 29.7 Å². The maximum Gasteiger partial charge on any atom is 0.255 e. The number of benzene rings is 4. The van der Waals surface area contributed by atoms with E-state index in [2.05, 4.69) is 38.7 Å². The van der Waals surface area contributed by atoms with Crippen LogP contribution in [-0.4, -0.2) is 27.8 Å². The molecule has 6 rings (SSSR count). The molecule has 222 valence electrons. The summed E-state index contributed by atoms with van der Waals surface area (Å²) in [5.74, 6) is 2.34. The molecule has 1 atom stereocenters. The van der Waals surface area contributed by atoms with Gasteiger partial charge in [-0.15, -0.1) is 5.10 Å². The summed E-state index contributed by atoms with van der Waals surface area (Å²) in [6.07, 6.45) is 0. The lowest BCUT2D eigenvalue weighted by molar-refractivity contribution is -0.113. The number of anilines is 2. The minimum absolute atomic E-state index is 0.265. The molecule has 0 fully saturated rings. The number of nitrogens with one attached hydrogen (secondary N) is 2. The van der Waals surface area contributed by atoms with Crippen molar-refractivity contribution in [3.8, 4) is 11.5 Å². The SMILES string of the molecule is COc1ccccc1NC(=O)C1=C(C)Nc2nc(SCc3ccccc3)nn2C1c1ccc(OCc2cccc(Br)c2)cc1. The van der Waals surface area contributed by atoms with Crippen LogP contribution >= 0.6 is 27.7 Å². The highest BCUT2D eigenvalue weighted by molar-refractivity contribution is 9.10. The first kappa shape index (κ1) is 29.5. The molecule has 8 nitrogen and oxygen atoms in total. The van der Waals surface area contributed by atoms with E-state index in [1.54, 1.807) is 23.6 Å². The van der Waals surface area contributed by atoms with Crippen molar-refractivity contribution in [1.82, 2.24) is 14.8 Å². The molecule has 0 saturated heterocycles. The molecule has 0 saturated carbocycles. The third-order valence-electron chi connectivity index (χ3n) is 7.13. The lowest BCUT2D eigenvalue weighted by atomic mass is 9.95. The number of carbonyl (C=O) groups is 1. The Kier molecular flexibility index (Phi) is 8.99. The zero-order chi connectivity index (χ0) is 30.5. The quantitative estimate of drug-likeness (QED) is 0.147. The van der Waals surface area contributed by atoms with Gasteiger partial charge in [0.25, 0.3) is 5.91 Å². The number of hydrogen-bond acceptors (Lipinski definition) is 7. The van der Waals surface area contributed by atoms with Crippen LogP contribution in [0.2, 0.25) is 0 Å². The van der Waals surface area contributed by atoms with Gasteiger partial charge in [0.2, 0.25) is 11.1 Å². The van der Waals surface area contributed by atoms with Crippen molar-refractivity contribution in [1.29, 1.82) is 0 Å². The summed E-state index contributed by atoms with van der Waals surface area (Å²) in [4.78, 5) is 18.7. The van der Waals surface area contributed by atoms with E-state index in [-0.39, 0.29) is 5.91 Å². The van der Waals surface area contributed by atoms with Crippen LogP contribution in [0.25, 0.3) is 0 Å². The molecular weight excluding hydrogens is 638 g/mol. The Balaban J connectivity index is 1.30. The number of halogens is 1. The van der Waals surface area contributed by atoms with Gasteiger partial charge in [-0.3, -0.25) is 4.79 Å². The average Bonchev–Trinajstić information content (AvgIpc) is 3.45. The van der Waals surface area contributed by atoms with Crippen LogP contribution in [0.3, 0.4) is 0 Å². The van der Waals surface area contributed by atoms with Gasteiger partial charge in [-0.2, -0.15) is 4.98 Å². The highest BCUT2D eigenvalue weighted by atomic mass is 79.9. The Morgan fingerprint density at radius 1 is 0.977 bits per heavy atom. The predicted octanol–water partition coefficient (Wildman–Crippen LogP) is 7.85. The normalized spacial score (nSPS) is 14.0. The van der Waals surface area contributed by atoms with Crippen LogP contribution in [0.15, 0.2) is 124 Å². The maximum atomic E-state index is 14.0. The van der Waals surface area contributed by atoms with E-state index in [4.69, 9.17) is 19.6 Å². The number of allylic oxidation sites excluding steroid dienone is 1. The Bertz CT molecular complexity index is 1810. The molecular formula is C34H30BrN5O3S. The molecule has 5 aromatic rings. The van der Waals surface area contributed by atoms with Gasteiger partial charge in [0.1, 0.15) is 24.1 Å². The average molecular weight is 669 g/mol. The lowest BCUT2D eigenvalue weighted by Gasteiger charge is -2.29. The number of carbonyl (C=O) groups excluding carboxylic acids is 1. The van der Waals surface area contributed by atoms with Crippen molar-refractivity contribution in [2.75, 3.05) is 17.7 Å². The highest BCUT2D eigenvalue weighted by Crippen LogP contribution is 2.38. The second-order valence-corrected chi connectivity index (χ2v) is 12.0. The van der Waals surface area contributed by atoms with Gasteiger partial charge in [-0.25, -0.2) is 4.68 Å². The number of methoxy groups -OCH3 is 1. The largest absolute Gasteiger partial charge is 0.495 e. The fourth-order valence-electron chi connectivity index (χ4n) is 4.99. The fraction of sp³-hybridized carbons (Fsp3) is 0.147. The van der Waals surface area contributed by atoms with Crippen molar-refractivity contribution >= 4 is 45.2 Å². The minimum atomic E-state index is -0.529. The van der Waals surface area contributed by atoms with E-state index >= 15 is 0 Å². The summed E-state index contributed by atoms with van der Waals surface area (Å²) in [6, 6.07) is 32.8. The van der Waals surface area contributed by atoms with Gasteiger partial charge in [0, 0.05) is 15.9 Å². The van der Waals surface area contributed by atoms with Crippen LogP contribution < -0.4 is 20.1 Å². The summed E-state index contributed by atoms with van der Waals surface area (Å²) in [7, 11) is 1.58. The molecule has 0 spiro atoms. The van der Waals surface area contributed by atoms with Crippen molar-refractivity contribution in [2.24, 2.45) is 0 Å². The molecule has 1 amide bonds.